The van der Waals surface area contributed by atoms with Crippen LogP contribution in [0.15, 0.2) is 29.2 Å². The Labute approximate surface area is 146 Å². The van der Waals surface area contributed by atoms with Crippen LogP contribution in [0.5, 0.6) is 0 Å². The average molecular weight is 395 g/mol. The van der Waals surface area contributed by atoms with Crippen LogP contribution in [0.1, 0.15) is 18.0 Å². The maximum absolute atomic E-state index is 12.9. The molecule has 1 heterocycles. The predicted octanol–water partition coefficient (Wildman–Crippen LogP) is 4.62. The molecule has 1 aromatic carbocycles. The van der Waals surface area contributed by atoms with Gasteiger partial charge in [-0.1, -0.05) is 12.1 Å². The van der Waals surface area contributed by atoms with Crippen molar-refractivity contribution in [3.05, 3.63) is 29.8 Å². The predicted molar refractivity (Wildman–Crippen MR) is 83.5 cm³/mol. The normalized spacial score (nSPS) is 18.1. The van der Waals surface area contributed by atoms with E-state index in [4.69, 9.17) is 0 Å². The Hall–Kier alpha value is -0.640. The van der Waals surface area contributed by atoms with Gasteiger partial charge in [0.1, 0.15) is 0 Å². The van der Waals surface area contributed by atoms with E-state index < -0.39 is 24.1 Å². The van der Waals surface area contributed by atoms with Crippen LogP contribution < -0.4 is 5.32 Å². The zero-order valence-corrected chi connectivity index (χ0v) is 14.1. The van der Waals surface area contributed by atoms with Crippen molar-refractivity contribution in [3.63, 3.8) is 0 Å². The van der Waals surface area contributed by atoms with Gasteiger partial charge < -0.3 is 5.32 Å². The average Bonchev–Trinajstić information content (AvgIpc) is 2.44. The van der Waals surface area contributed by atoms with E-state index in [2.05, 4.69) is 5.32 Å². The summed E-state index contributed by atoms with van der Waals surface area (Å²) in [4.78, 5) is 1.68. The zero-order chi connectivity index (χ0) is 17.1. The third-order valence-corrected chi connectivity index (χ3v) is 4.25. The number of halogens is 7. The Morgan fingerprint density at radius 2 is 1.54 bits per heavy atom. The van der Waals surface area contributed by atoms with Crippen LogP contribution in [0.3, 0.4) is 0 Å². The van der Waals surface area contributed by atoms with Gasteiger partial charge in [-0.05, 0) is 29.5 Å². The summed E-state index contributed by atoms with van der Waals surface area (Å²) < 4.78 is 75.5. The summed E-state index contributed by atoms with van der Waals surface area (Å²) >= 11 is -0.276. The molecule has 0 spiro atoms. The second-order valence-electron chi connectivity index (χ2n) is 5.24. The molecule has 2 rings (SSSR count). The van der Waals surface area contributed by atoms with E-state index in [9.17, 15) is 26.3 Å². The van der Waals surface area contributed by atoms with E-state index >= 15 is 0 Å². The minimum absolute atomic E-state index is 0. The maximum atomic E-state index is 12.9. The second kappa shape index (κ2) is 8.64. The van der Waals surface area contributed by atoms with Crippen molar-refractivity contribution in [2.75, 3.05) is 26.2 Å². The number of hydrogen-bond acceptors (Lipinski definition) is 3. The van der Waals surface area contributed by atoms with Crippen LogP contribution in [-0.2, 0) is 0 Å². The van der Waals surface area contributed by atoms with Crippen LogP contribution in [0.25, 0.3) is 0 Å². The molecule has 0 aromatic heterocycles. The Bertz CT molecular complexity index is 499. The van der Waals surface area contributed by atoms with Gasteiger partial charge in [-0.3, -0.25) is 4.90 Å². The molecule has 1 aromatic rings. The molecule has 1 aliphatic rings. The summed E-state index contributed by atoms with van der Waals surface area (Å²) in [7, 11) is 0. The summed E-state index contributed by atoms with van der Waals surface area (Å²) in [6.45, 7) is 2.13. The van der Waals surface area contributed by atoms with E-state index in [1.165, 1.54) is 24.3 Å². The summed E-state index contributed by atoms with van der Waals surface area (Å²) in [6.07, 6.45) is -5.35. The Kier molecular flexibility index (Phi) is 7.71. The monoisotopic (exact) mass is 394 g/mol. The number of piperazine rings is 1. The molecule has 24 heavy (non-hydrogen) atoms. The van der Waals surface area contributed by atoms with E-state index in [-0.39, 0.29) is 29.1 Å². The molecular formula is C14H17ClF6N2S. The highest BCUT2D eigenvalue weighted by molar-refractivity contribution is 8.00. The first-order valence-corrected chi connectivity index (χ1v) is 7.83. The maximum Gasteiger partial charge on any atom is 0.446 e. The molecule has 0 amide bonds. The molecule has 10 heteroatoms. The molecule has 1 aliphatic heterocycles. The highest BCUT2D eigenvalue weighted by atomic mass is 35.5. The largest absolute Gasteiger partial charge is 0.446 e. The smallest absolute Gasteiger partial charge is 0.314 e. The van der Waals surface area contributed by atoms with Crippen LogP contribution in [-0.4, -0.2) is 42.8 Å². The Morgan fingerprint density at radius 1 is 1.00 bits per heavy atom. The molecule has 0 aliphatic carbocycles. The van der Waals surface area contributed by atoms with Gasteiger partial charge in [-0.25, -0.2) is 0 Å². The highest BCUT2D eigenvalue weighted by Crippen LogP contribution is 2.38. The van der Waals surface area contributed by atoms with Crippen molar-refractivity contribution < 1.29 is 26.3 Å². The first-order valence-electron chi connectivity index (χ1n) is 7.01. The van der Waals surface area contributed by atoms with Gasteiger partial charge in [0.15, 0.2) is 0 Å². The number of alkyl halides is 6. The van der Waals surface area contributed by atoms with Gasteiger partial charge in [0.25, 0.3) is 0 Å². The first kappa shape index (κ1) is 21.4. The zero-order valence-electron chi connectivity index (χ0n) is 12.5. The number of rotatable bonds is 4. The summed E-state index contributed by atoms with van der Waals surface area (Å²) in [6, 6.07) is 4.28. The Balaban J connectivity index is 0.00000288. The lowest BCUT2D eigenvalue weighted by molar-refractivity contribution is -0.148. The molecule has 1 atom stereocenters. The number of hydrogen-bond donors (Lipinski definition) is 1. The van der Waals surface area contributed by atoms with Gasteiger partial charge in [0, 0.05) is 37.1 Å². The molecule has 138 valence electrons. The second-order valence-corrected chi connectivity index (χ2v) is 6.38. The lowest BCUT2D eigenvalue weighted by Crippen LogP contribution is -2.46. The topological polar surface area (TPSA) is 15.3 Å². The van der Waals surface area contributed by atoms with Crippen molar-refractivity contribution in [2.24, 2.45) is 0 Å². The molecule has 1 saturated heterocycles. The number of benzene rings is 1. The highest BCUT2D eigenvalue weighted by Gasteiger charge is 2.36. The molecule has 0 radical (unpaired) electrons. The number of nitrogens with zero attached hydrogens (tertiary/aromatic N) is 1. The van der Waals surface area contributed by atoms with Crippen molar-refractivity contribution >= 4 is 24.2 Å². The summed E-state index contributed by atoms with van der Waals surface area (Å²) in [5.74, 6) is 0. The number of nitrogens with one attached hydrogen (secondary N) is 1. The molecule has 1 fully saturated rings. The molecule has 0 unspecified atom stereocenters. The number of thioether (sulfide) groups is 1. The van der Waals surface area contributed by atoms with E-state index in [1.807, 2.05) is 0 Å². The van der Waals surface area contributed by atoms with Crippen molar-refractivity contribution in [1.82, 2.24) is 10.2 Å². The minimum Gasteiger partial charge on any atom is -0.314 e. The third-order valence-electron chi connectivity index (χ3n) is 3.52. The van der Waals surface area contributed by atoms with Crippen LogP contribution >= 0.6 is 24.2 Å². The van der Waals surface area contributed by atoms with Crippen molar-refractivity contribution in [1.29, 1.82) is 0 Å². The molecule has 1 N–H and O–H groups in total. The molecule has 0 saturated carbocycles. The quantitative estimate of drug-likeness (QED) is 0.592. The fourth-order valence-corrected chi connectivity index (χ4v) is 3.10. The molecule has 2 nitrogen and oxygen atoms in total. The van der Waals surface area contributed by atoms with Gasteiger partial charge >= 0.3 is 11.7 Å². The van der Waals surface area contributed by atoms with Crippen LogP contribution in [0.4, 0.5) is 26.3 Å². The van der Waals surface area contributed by atoms with Gasteiger partial charge in [-0.2, -0.15) is 26.3 Å². The summed E-state index contributed by atoms with van der Waals surface area (Å²) in [5, 5.41) is 3.07. The Morgan fingerprint density at radius 3 is 2.00 bits per heavy atom. The SMILES string of the molecule is Cl.FC(F)(F)C[C@H](c1ccc(SC(F)(F)F)cc1)N1CCNCC1. The third kappa shape index (κ3) is 7.08. The molecule has 0 bridgehead atoms. The first-order chi connectivity index (χ1) is 10.6. The fraction of sp³-hybridized carbons (Fsp3) is 0.571. The van der Waals surface area contributed by atoms with E-state index in [0.29, 0.717) is 31.7 Å². The van der Waals surface area contributed by atoms with E-state index in [0.717, 1.165) is 0 Å². The van der Waals surface area contributed by atoms with E-state index in [1.54, 1.807) is 4.90 Å². The van der Waals surface area contributed by atoms with Crippen LogP contribution in [0, 0.1) is 0 Å². The minimum atomic E-state index is -4.41. The van der Waals surface area contributed by atoms with Gasteiger partial charge in [-0.15, -0.1) is 12.4 Å². The van der Waals surface area contributed by atoms with Crippen molar-refractivity contribution in [3.8, 4) is 0 Å². The van der Waals surface area contributed by atoms with Gasteiger partial charge in [0.05, 0.1) is 6.42 Å². The molecular weight excluding hydrogens is 378 g/mol. The van der Waals surface area contributed by atoms with Gasteiger partial charge in [0.2, 0.25) is 0 Å². The fourth-order valence-electron chi connectivity index (χ4n) is 2.56. The van der Waals surface area contributed by atoms with Crippen LogP contribution in [0.2, 0.25) is 0 Å². The standard InChI is InChI=1S/C14H16F6N2S.ClH/c15-13(16,17)9-12(22-7-5-21-6-8-22)10-1-3-11(4-2-10)23-14(18,19)20;/h1-4,12,21H,5-9H2;1H/t12-;/m1./s1. The summed E-state index contributed by atoms with van der Waals surface area (Å²) in [5.41, 5.74) is -4.03. The lowest BCUT2D eigenvalue weighted by Gasteiger charge is -2.35. The lowest BCUT2D eigenvalue weighted by atomic mass is 10.0. The van der Waals surface area contributed by atoms with Crippen molar-refractivity contribution in [2.45, 2.75) is 29.0 Å².